The van der Waals surface area contributed by atoms with E-state index in [1.807, 2.05) is 6.07 Å². The minimum atomic E-state index is -0.165. The lowest BCUT2D eigenvalue weighted by Gasteiger charge is -2.35. The number of ether oxygens (including phenoxy) is 1. The standard InChI is InChI=1S/C15H22N2O2/c1-17(11-12-6-4-3-5-7-12)13-8-9-16-14(10-13)15(18)19-2/h3-7,13-14,16H,8-11H2,1-2H3/t13-,14-/m0/s1. The van der Waals surface area contributed by atoms with E-state index in [9.17, 15) is 4.79 Å². The van der Waals surface area contributed by atoms with Crippen LogP contribution in [0, 0.1) is 0 Å². The van der Waals surface area contributed by atoms with E-state index in [4.69, 9.17) is 4.74 Å². The number of hydrogen-bond donors (Lipinski definition) is 1. The molecule has 2 atom stereocenters. The van der Waals surface area contributed by atoms with Crippen molar-refractivity contribution >= 4 is 5.97 Å². The Kier molecular flexibility index (Phi) is 4.93. The summed E-state index contributed by atoms with van der Waals surface area (Å²) in [6.07, 6.45) is 1.88. The van der Waals surface area contributed by atoms with E-state index in [-0.39, 0.29) is 12.0 Å². The fraction of sp³-hybridized carbons (Fsp3) is 0.533. The van der Waals surface area contributed by atoms with Crippen molar-refractivity contribution in [2.45, 2.75) is 31.5 Å². The van der Waals surface area contributed by atoms with Crippen molar-refractivity contribution in [1.82, 2.24) is 10.2 Å². The summed E-state index contributed by atoms with van der Waals surface area (Å²) in [6, 6.07) is 10.7. The molecule has 1 N–H and O–H groups in total. The number of rotatable bonds is 4. The average Bonchev–Trinajstić information content (AvgIpc) is 2.47. The molecule has 4 heteroatoms. The van der Waals surface area contributed by atoms with Gasteiger partial charge in [0.2, 0.25) is 0 Å². The second-order valence-corrected chi connectivity index (χ2v) is 5.11. The first-order valence-corrected chi connectivity index (χ1v) is 6.76. The molecule has 0 aromatic heterocycles. The Labute approximate surface area is 114 Å². The quantitative estimate of drug-likeness (QED) is 0.833. The second kappa shape index (κ2) is 6.68. The van der Waals surface area contributed by atoms with Crippen LogP contribution in [0.15, 0.2) is 30.3 Å². The number of carbonyl (C=O) groups is 1. The van der Waals surface area contributed by atoms with Crippen molar-refractivity contribution in [3.63, 3.8) is 0 Å². The van der Waals surface area contributed by atoms with Crippen LogP contribution in [0.1, 0.15) is 18.4 Å². The maximum Gasteiger partial charge on any atom is 0.322 e. The third-order valence-electron chi connectivity index (χ3n) is 3.76. The summed E-state index contributed by atoms with van der Waals surface area (Å²) in [5.41, 5.74) is 1.30. The normalized spacial score (nSPS) is 23.3. The Morgan fingerprint density at radius 1 is 1.42 bits per heavy atom. The molecule has 19 heavy (non-hydrogen) atoms. The summed E-state index contributed by atoms with van der Waals surface area (Å²) < 4.78 is 4.82. The van der Waals surface area contributed by atoms with Gasteiger partial charge >= 0.3 is 5.97 Å². The Bertz CT molecular complexity index is 408. The van der Waals surface area contributed by atoms with Crippen LogP contribution in [0.3, 0.4) is 0 Å². The summed E-state index contributed by atoms with van der Waals surface area (Å²) >= 11 is 0. The number of esters is 1. The summed E-state index contributed by atoms with van der Waals surface area (Å²) in [7, 11) is 3.57. The molecule has 0 radical (unpaired) electrons. The lowest BCUT2D eigenvalue weighted by Crippen LogP contribution is -2.50. The molecule has 0 amide bonds. The molecule has 1 aromatic rings. The highest BCUT2D eigenvalue weighted by Crippen LogP contribution is 2.17. The van der Waals surface area contributed by atoms with Gasteiger partial charge in [0.1, 0.15) is 6.04 Å². The largest absolute Gasteiger partial charge is 0.468 e. The van der Waals surface area contributed by atoms with Crippen molar-refractivity contribution in [1.29, 1.82) is 0 Å². The molecule has 0 bridgehead atoms. The van der Waals surface area contributed by atoms with Crippen molar-refractivity contribution in [2.24, 2.45) is 0 Å². The van der Waals surface area contributed by atoms with Crippen molar-refractivity contribution in [3.8, 4) is 0 Å². The van der Waals surface area contributed by atoms with Crippen LogP contribution in [0.5, 0.6) is 0 Å². The molecule has 0 saturated carbocycles. The molecule has 1 heterocycles. The maximum atomic E-state index is 11.6. The van der Waals surface area contributed by atoms with Crippen molar-refractivity contribution in [3.05, 3.63) is 35.9 Å². The summed E-state index contributed by atoms with van der Waals surface area (Å²) in [6.45, 7) is 1.78. The predicted molar refractivity (Wildman–Crippen MR) is 74.7 cm³/mol. The number of carbonyl (C=O) groups excluding carboxylic acids is 1. The van der Waals surface area contributed by atoms with Gasteiger partial charge in [-0.1, -0.05) is 30.3 Å². The zero-order valence-corrected chi connectivity index (χ0v) is 11.6. The molecule has 1 saturated heterocycles. The van der Waals surface area contributed by atoms with Crippen molar-refractivity contribution < 1.29 is 9.53 Å². The number of hydrogen-bond acceptors (Lipinski definition) is 4. The van der Waals surface area contributed by atoms with Gasteiger partial charge in [0.25, 0.3) is 0 Å². The number of nitrogens with one attached hydrogen (secondary N) is 1. The number of piperidine rings is 1. The fourth-order valence-corrected chi connectivity index (χ4v) is 2.62. The molecule has 0 unspecified atom stereocenters. The van der Waals surface area contributed by atoms with Gasteiger partial charge < -0.3 is 10.1 Å². The second-order valence-electron chi connectivity index (χ2n) is 5.11. The molecule has 4 nitrogen and oxygen atoms in total. The lowest BCUT2D eigenvalue weighted by atomic mass is 9.98. The molecule has 1 fully saturated rings. The van der Waals surface area contributed by atoms with Gasteiger partial charge in [0.05, 0.1) is 7.11 Å². The van der Waals surface area contributed by atoms with Gasteiger partial charge in [-0.05, 0) is 32.0 Å². The predicted octanol–water partition coefficient (Wildman–Crippen LogP) is 1.41. The highest BCUT2D eigenvalue weighted by molar-refractivity contribution is 5.75. The number of methoxy groups -OCH3 is 1. The van der Waals surface area contributed by atoms with E-state index in [2.05, 4.69) is 41.5 Å². The average molecular weight is 262 g/mol. The SMILES string of the molecule is COC(=O)[C@@H]1C[C@@H](N(C)Cc2ccccc2)CCN1. The summed E-state index contributed by atoms with van der Waals surface area (Å²) in [4.78, 5) is 13.9. The first kappa shape index (κ1) is 14.0. The smallest absolute Gasteiger partial charge is 0.322 e. The van der Waals surface area contributed by atoms with Crippen LogP contribution in [-0.2, 0) is 16.1 Å². The van der Waals surface area contributed by atoms with E-state index >= 15 is 0 Å². The van der Waals surface area contributed by atoms with E-state index in [1.54, 1.807) is 0 Å². The van der Waals surface area contributed by atoms with Crippen LogP contribution < -0.4 is 5.32 Å². The van der Waals surface area contributed by atoms with Crippen LogP contribution in [0.2, 0.25) is 0 Å². The highest BCUT2D eigenvalue weighted by Gasteiger charge is 2.29. The third kappa shape index (κ3) is 3.78. The van der Waals surface area contributed by atoms with Gasteiger partial charge in [-0.15, -0.1) is 0 Å². The minimum Gasteiger partial charge on any atom is -0.468 e. The minimum absolute atomic E-state index is 0.155. The number of nitrogens with zero attached hydrogens (tertiary/aromatic N) is 1. The van der Waals surface area contributed by atoms with E-state index < -0.39 is 0 Å². The summed E-state index contributed by atoms with van der Waals surface area (Å²) in [5.74, 6) is -0.155. The highest BCUT2D eigenvalue weighted by atomic mass is 16.5. The molecule has 2 rings (SSSR count). The Hall–Kier alpha value is -1.39. The van der Waals surface area contributed by atoms with Gasteiger partial charge in [-0.3, -0.25) is 9.69 Å². The zero-order valence-electron chi connectivity index (χ0n) is 11.6. The van der Waals surface area contributed by atoms with Gasteiger partial charge in [0, 0.05) is 12.6 Å². The van der Waals surface area contributed by atoms with Gasteiger partial charge in [-0.2, -0.15) is 0 Å². The monoisotopic (exact) mass is 262 g/mol. The molecular formula is C15H22N2O2. The zero-order chi connectivity index (χ0) is 13.7. The first-order valence-electron chi connectivity index (χ1n) is 6.76. The lowest BCUT2D eigenvalue weighted by molar-refractivity contribution is -0.144. The topological polar surface area (TPSA) is 41.6 Å². The van der Waals surface area contributed by atoms with Crippen molar-refractivity contribution in [2.75, 3.05) is 20.7 Å². The van der Waals surface area contributed by atoms with E-state index in [1.165, 1.54) is 12.7 Å². The number of benzene rings is 1. The van der Waals surface area contributed by atoms with E-state index in [0.717, 1.165) is 25.9 Å². The van der Waals surface area contributed by atoms with E-state index in [0.29, 0.717) is 6.04 Å². The van der Waals surface area contributed by atoms with Crippen LogP contribution in [-0.4, -0.2) is 43.7 Å². The summed E-state index contributed by atoms with van der Waals surface area (Å²) in [5, 5.41) is 3.22. The molecular weight excluding hydrogens is 240 g/mol. The molecule has 1 aliphatic rings. The molecule has 1 aromatic carbocycles. The van der Waals surface area contributed by atoms with Crippen LogP contribution in [0.4, 0.5) is 0 Å². The molecule has 0 spiro atoms. The third-order valence-corrected chi connectivity index (χ3v) is 3.76. The Balaban J connectivity index is 1.92. The Morgan fingerprint density at radius 2 is 2.16 bits per heavy atom. The first-order chi connectivity index (χ1) is 9.20. The molecule has 0 aliphatic carbocycles. The van der Waals surface area contributed by atoms with Gasteiger partial charge in [0.15, 0.2) is 0 Å². The van der Waals surface area contributed by atoms with Crippen LogP contribution in [0.25, 0.3) is 0 Å². The Morgan fingerprint density at radius 3 is 2.84 bits per heavy atom. The maximum absolute atomic E-state index is 11.6. The molecule has 1 aliphatic heterocycles. The van der Waals surface area contributed by atoms with Gasteiger partial charge in [-0.25, -0.2) is 0 Å². The van der Waals surface area contributed by atoms with Crippen LogP contribution >= 0.6 is 0 Å². The fourth-order valence-electron chi connectivity index (χ4n) is 2.62. The molecule has 104 valence electrons.